The van der Waals surface area contributed by atoms with Gasteiger partial charge in [-0.25, -0.2) is 29.1 Å². The third-order valence-corrected chi connectivity index (χ3v) is 7.18. The summed E-state index contributed by atoms with van der Waals surface area (Å²) >= 11 is 12.8. The Morgan fingerprint density at radius 3 is 2.21 bits per heavy atom. The van der Waals surface area contributed by atoms with Crippen molar-refractivity contribution in [1.82, 2.24) is 29.4 Å². The van der Waals surface area contributed by atoms with E-state index in [1.165, 1.54) is 10.9 Å². The molecule has 210 valence electrons. The van der Waals surface area contributed by atoms with Gasteiger partial charge in [-0.2, -0.15) is 4.98 Å². The summed E-state index contributed by atoms with van der Waals surface area (Å²) in [6.07, 6.45) is 1.15. The summed E-state index contributed by atoms with van der Waals surface area (Å²) in [7, 11) is 0. The number of ether oxygens (including phenoxy) is 1. The molecule has 1 saturated heterocycles. The summed E-state index contributed by atoms with van der Waals surface area (Å²) in [4.78, 5) is 48.4. The number of hydrogen-bond donors (Lipinski definition) is 0. The second-order valence-electron chi connectivity index (χ2n) is 11.5. The number of rotatable bonds is 4. The smallest absolute Gasteiger partial charge is 0.410 e. The van der Waals surface area contributed by atoms with Crippen LogP contribution >= 0.6 is 23.2 Å². The van der Waals surface area contributed by atoms with Crippen molar-refractivity contribution >= 4 is 46.1 Å². The molecule has 0 aliphatic carbocycles. The number of fused-ring (bicyclic) bond motifs is 1. The molecular weight excluding hydrogens is 541 g/mol. The molecule has 1 amide bonds. The first-order valence-electron chi connectivity index (χ1n) is 13.1. The number of piperazine rings is 1. The maximum atomic E-state index is 13.8. The molecule has 4 heterocycles. The van der Waals surface area contributed by atoms with E-state index in [9.17, 15) is 9.59 Å². The molecule has 0 spiro atoms. The zero-order valence-electron chi connectivity index (χ0n) is 23.6. The fourth-order valence-corrected chi connectivity index (χ4v) is 5.04. The predicted octanol–water partition coefficient (Wildman–Crippen LogP) is 5.57. The zero-order valence-corrected chi connectivity index (χ0v) is 25.1. The van der Waals surface area contributed by atoms with Crippen molar-refractivity contribution in [2.45, 2.75) is 78.9 Å². The van der Waals surface area contributed by atoms with Crippen molar-refractivity contribution in [3.63, 3.8) is 0 Å². The summed E-state index contributed by atoms with van der Waals surface area (Å²) in [6.45, 7) is 16.8. The number of hydrogen-bond acceptors (Lipinski definition) is 8. The second kappa shape index (κ2) is 10.9. The molecule has 0 saturated carbocycles. The molecule has 12 heteroatoms. The molecule has 1 atom stereocenters. The lowest BCUT2D eigenvalue weighted by molar-refractivity contribution is 0.0218. The fraction of sp³-hybridized carbons (Fsp3) is 0.556. The molecule has 4 rings (SSSR count). The highest BCUT2D eigenvalue weighted by atomic mass is 35.5. The van der Waals surface area contributed by atoms with Crippen LogP contribution in [0, 0.1) is 0 Å². The number of carbonyl (C=O) groups excluding carboxylic acids is 1. The van der Waals surface area contributed by atoms with Gasteiger partial charge in [-0.05, 0) is 45.6 Å². The van der Waals surface area contributed by atoms with E-state index in [4.69, 9.17) is 27.9 Å². The Morgan fingerprint density at radius 1 is 1.05 bits per heavy atom. The molecule has 0 N–H and O–H groups in total. The van der Waals surface area contributed by atoms with E-state index in [0.29, 0.717) is 53.6 Å². The fourth-order valence-electron chi connectivity index (χ4n) is 4.75. The van der Waals surface area contributed by atoms with Crippen molar-refractivity contribution in [2.24, 2.45) is 0 Å². The Bertz CT molecular complexity index is 1440. The predicted molar refractivity (Wildman–Crippen MR) is 154 cm³/mol. The Hall–Kier alpha value is -2.98. The van der Waals surface area contributed by atoms with Gasteiger partial charge in [-0.1, -0.05) is 50.9 Å². The first kappa shape index (κ1) is 29.0. The van der Waals surface area contributed by atoms with Crippen molar-refractivity contribution in [3.8, 4) is 5.69 Å². The normalized spacial score (nSPS) is 16.5. The third kappa shape index (κ3) is 5.82. The molecule has 1 aliphatic rings. The molecule has 10 nitrogen and oxygen atoms in total. The SMILES string of the molecule is CC(C)c1ncnc(C(C)C)c1-n1c(=O)nc(N2CCN(C(=O)OC(C)(C)C)C[C@@H]2C)c2cc(Cl)c(Cl)nc21. The Morgan fingerprint density at radius 2 is 1.67 bits per heavy atom. The van der Waals surface area contributed by atoms with Crippen molar-refractivity contribution in [3.05, 3.63) is 44.4 Å². The van der Waals surface area contributed by atoms with Crippen LogP contribution in [0.1, 0.15) is 78.6 Å². The molecule has 0 aromatic carbocycles. The lowest BCUT2D eigenvalue weighted by Crippen LogP contribution is -2.55. The standard InChI is InChI=1S/C27H35Cl2N7O3/c1-14(2)19-21(20(15(3)4)31-13-30-19)36-24-17(11-18(28)22(29)32-24)23(33-25(36)37)35-10-9-34(12-16(35)5)26(38)39-27(6,7)8/h11,13-16H,9-10,12H2,1-8H3/t16-/m0/s1. The lowest BCUT2D eigenvalue weighted by Gasteiger charge is -2.41. The van der Waals surface area contributed by atoms with Crippen LogP contribution < -0.4 is 10.6 Å². The summed E-state index contributed by atoms with van der Waals surface area (Å²) in [5.74, 6) is 0.444. The van der Waals surface area contributed by atoms with Crippen molar-refractivity contribution in [2.75, 3.05) is 24.5 Å². The van der Waals surface area contributed by atoms with E-state index in [2.05, 4.69) is 19.9 Å². The number of nitrogens with zero attached hydrogens (tertiary/aromatic N) is 7. The quantitative estimate of drug-likeness (QED) is 0.371. The number of pyridine rings is 1. The second-order valence-corrected chi connectivity index (χ2v) is 12.2. The maximum absolute atomic E-state index is 13.8. The van der Waals surface area contributed by atoms with Gasteiger partial charge < -0.3 is 14.5 Å². The van der Waals surface area contributed by atoms with Crippen LogP contribution in [0.4, 0.5) is 10.6 Å². The average molecular weight is 577 g/mol. The van der Waals surface area contributed by atoms with E-state index >= 15 is 0 Å². The van der Waals surface area contributed by atoms with Gasteiger partial charge in [0.15, 0.2) is 5.65 Å². The molecule has 3 aromatic heterocycles. The molecule has 39 heavy (non-hydrogen) atoms. The van der Waals surface area contributed by atoms with E-state index in [1.54, 1.807) is 11.0 Å². The monoisotopic (exact) mass is 575 g/mol. The highest BCUT2D eigenvalue weighted by Crippen LogP contribution is 2.34. The minimum absolute atomic E-state index is 0.00542. The Balaban J connectivity index is 1.89. The van der Waals surface area contributed by atoms with Gasteiger partial charge in [-0.15, -0.1) is 0 Å². The first-order chi connectivity index (χ1) is 18.2. The molecule has 3 aromatic rings. The molecule has 0 radical (unpaired) electrons. The van der Waals surface area contributed by atoms with Crippen molar-refractivity contribution < 1.29 is 9.53 Å². The molecule has 0 unspecified atom stereocenters. The number of aromatic nitrogens is 5. The van der Waals surface area contributed by atoms with E-state index in [-0.39, 0.29) is 34.1 Å². The van der Waals surface area contributed by atoms with Crippen LogP contribution in [-0.4, -0.2) is 66.8 Å². The van der Waals surface area contributed by atoms with Gasteiger partial charge in [0.05, 0.1) is 27.5 Å². The van der Waals surface area contributed by atoms with Gasteiger partial charge in [-0.3, -0.25) is 0 Å². The summed E-state index contributed by atoms with van der Waals surface area (Å²) in [5.41, 5.74) is 1.18. The highest BCUT2D eigenvalue weighted by Gasteiger charge is 2.33. The number of halogens is 2. The van der Waals surface area contributed by atoms with Crippen LogP contribution in [0.25, 0.3) is 16.7 Å². The van der Waals surface area contributed by atoms with Crippen LogP contribution in [-0.2, 0) is 4.74 Å². The maximum Gasteiger partial charge on any atom is 0.410 e. The average Bonchev–Trinajstić information content (AvgIpc) is 2.83. The van der Waals surface area contributed by atoms with E-state index in [0.717, 1.165) is 0 Å². The summed E-state index contributed by atoms with van der Waals surface area (Å²) in [6, 6.07) is 1.52. The van der Waals surface area contributed by atoms with Gasteiger partial charge in [0.25, 0.3) is 0 Å². The topological polar surface area (TPSA) is 106 Å². The van der Waals surface area contributed by atoms with Crippen LogP contribution in [0.5, 0.6) is 0 Å². The van der Waals surface area contributed by atoms with E-state index < -0.39 is 11.3 Å². The molecule has 1 aliphatic heterocycles. The Kier molecular flexibility index (Phi) is 8.10. The number of amides is 1. The highest BCUT2D eigenvalue weighted by molar-refractivity contribution is 6.41. The van der Waals surface area contributed by atoms with Gasteiger partial charge in [0.1, 0.15) is 22.9 Å². The van der Waals surface area contributed by atoms with Gasteiger partial charge in [0.2, 0.25) is 0 Å². The number of anilines is 1. The van der Waals surface area contributed by atoms with Crippen LogP contribution in [0.3, 0.4) is 0 Å². The summed E-state index contributed by atoms with van der Waals surface area (Å²) < 4.78 is 7.01. The minimum atomic E-state index is -0.591. The Labute approximate surface area is 238 Å². The van der Waals surface area contributed by atoms with Gasteiger partial charge >= 0.3 is 11.8 Å². The van der Waals surface area contributed by atoms with Crippen molar-refractivity contribution in [1.29, 1.82) is 0 Å². The van der Waals surface area contributed by atoms with Gasteiger partial charge in [0, 0.05) is 25.7 Å². The largest absolute Gasteiger partial charge is 0.444 e. The van der Waals surface area contributed by atoms with Crippen LogP contribution in [0.2, 0.25) is 10.2 Å². The number of carbonyl (C=O) groups is 1. The molecular formula is C27H35Cl2N7O3. The lowest BCUT2D eigenvalue weighted by atomic mass is 10.0. The molecule has 0 bridgehead atoms. The zero-order chi connectivity index (χ0) is 28.8. The van der Waals surface area contributed by atoms with Crippen LogP contribution in [0.15, 0.2) is 17.2 Å². The van der Waals surface area contributed by atoms with E-state index in [1.807, 2.05) is 60.3 Å². The first-order valence-corrected chi connectivity index (χ1v) is 13.8. The third-order valence-electron chi connectivity index (χ3n) is 6.51. The summed E-state index contributed by atoms with van der Waals surface area (Å²) in [5, 5.41) is 0.885. The molecule has 1 fully saturated rings. The minimum Gasteiger partial charge on any atom is -0.444 e.